The molecule has 104 valence electrons. The van der Waals surface area contributed by atoms with E-state index >= 15 is 0 Å². The molecule has 0 aliphatic carbocycles. The van der Waals surface area contributed by atoms with Crippen LogP contribution in [-0.4, -0.2) is 13.0 Å². The Hall–Kier alpha value is -2.00. The van der Waals surface area contributed by atoms with Crippen molar-refractivity contribution in [3.05, 3.63) is 58.1 Å². The van der Waals surface area contributed by atoms with Crippen molar-refractivity contribution in [2.24, 2.45) is 0 Å². The number of para-hydroxylation sites is 1. The zero-order chi connectivity index (χ0) is 14.7. The van der Waals surface area contributed by atoms with E-state index in [4.69, 9.17) is 16.3 Å². The number of ether oxygens (including phenoxy) is 1. The molecular weight excluding hydrogens is 274 g/mol. The van der Waals surface area contributed by atoms with E-state index in [-0.39, 0.29) is 5.91 Å². The molecular formula is C16H16ClNO2. The molecule has 0 aliphatic heterocycles. The largest absolute Gasteiger partial charge is 0.495 e. The minimum absolute atomic E-state index is 0.188. The fraction of sp³-hybridized carbons (Fsp3) is 0.188. The second kappa shape index (κ2) is 5.97. The molecule has 3 nitrogen and oxygen atoms in total. The molecule has 2 rings (SSSR count). The SMILES string of the molecule is COc1ccc(C(=O)Nc2c(C)cccc2C)cc1Cl. The molecule has 20 heavy (non-hydrogen) atoms. The zero-order valence-corrected chi connectivity index (χ0v) is 12.4. The Morgan fingerprint density at radius 2 is 1.80 bits per heavy atom. The summed E-state index contributed by atoms with van der Waals surface area (Å²) in [6.45, 7) is 3.92. The van der Waals surface area contributed by atoms with Crippen molar-refractivity contribution in [1.29, 1.82) is 0 Å². The van der Waals surface area contributed by atoms with Gasteiger partial charge in [0.05, 0.1) is 12.1 Å². The number of methoxy groups -OCH3 is 1. The Morgan fingerprint density at radius 3 is 2.35 bits per heavy atom. The van der Waals surface area contributed by atoms with E-state index in [2.05, 4.69) is 5.32 Å². The molecule has 0 heterocycles. The Labute approximate surface area is 123 Å². The molecule has 2 aromatic carbocycles. The first kappa shape index (κ1) is 14.4. The number of nitrogens with one attached hydrogen (secondary N) is 1. The lowest BCUT2D eigenvalue weighted by Gasteiger charge is -2.12. The molecule has 0 bridgehead atoms. The van der Waals surface area contributed by atoms with E-state index in [0.29, 0.717) is 16.3 Å². The number of benzene rings is 2. The number of hydrogen-bond donors (Lipinski definition) is 1. The lowest BCUT2D eigenvalue weighted by molar-refractivity contribution is 0.102. The lowest BCUT2D eigenvalue weighted by atomic mass is 10.1. The van der Waals surface area contributed by atoms with Crippen molar-refractivity contribution in [3.63, 3.8) is 0 Å². The summed E-state index contributed by atoms with van der Waals surface area (Å²) in [6, 6.07) is 10.9. The van der Waals surface area contributed by atoms with Crippen molar-refractivity contribution in [2.75, 3.05) is 12.4 Å². The molecule has 0 radical (unpaired) electrons. The van der Waals surface area contributed by atoms with Crippen molar-refractivity contribution >= 4 is 23.2 Å². The number of rotatable bonds is 3. The van der Waals surface area contributed by atoms with Crippen LogP contribution in [0.1, 0.15) is 21.5 Å². The van der Waals surface area contributed by atoms with Gasteiger partial charge in [0.2, 0.25) is 0 Å². The molecule has 0 saturated carbocycles. The van der Waals surface area contributed by atoms with Gasteiger partial charge in [-0.25, -0.2) is 0 Å². The molecule has 0 saturated heterocycles. The van der Waals surface area contributed by atoms with E-state index in [1.807, 2.05) is 32.0 Å². The van der Waals surface area contributed by atoms with Gasteiger partial charge in [-0.3, -0.25) is 4.79 Å². The van der Waals surface area contributed by atoms with Crippen molar-refractivity contribution in [1.82, 2.24) is 0 Å². The highest BCUT2D eigenvalue weighted by Crippen LogP contribution is 2.26. The summed E-state index contributed by atoms with van der Waals surface area (Å²) in [6.07, 6.45) is 0. The monoisotopic (exact) mass is 289 g/mol. The average Bonchev–Trinajstić information content (AvgIpc) is 2.42. The van der Waals surface area contributed by atoms with Crippen LogP contribution in [0, 0.1) is 13.8 Å². The molecule has 0 fully saturated rings. The predicted molar refractivity (Wildman–Crippen MR) is 81.9 cm³/mol. The van der Waals surface area contributed by atoms with Gasteiger partial charge in [-0.15, -0.1) is 0 Å². The van der Waals surface area contributed by atoms with E-state index in [9.17, 15) is 4.79 Å². The van der Waals surface area contributed by atoms with E-state index < -0.39 is 0 Å². The molecule has 0 unspecified atom stereocenters. The van der Waals surface area contributed by atoms with Crippen LogP contribution in [0.25, 0.3) is 0 Å². The first-order chi connectivity index (χ1) is 9.52. The van der Waals surface area contributed by atoms with Gasteiger partial charge in [0.25, 0.3) is 5.91 Å². The quantitative estimate of drug-likeness (QED) is 0.919. The minimum Gasteiger partial charge on any atom is -0.495 e. The Kier molecular flexibility index (Phi) is 4.30. The van der Waals surface area contributed by atoms with Crippen LogP contribution >= 0.6 is 11.6 Å². The van der Waals surface area contributed by atoms with Crippen molar-refractivity contribution in [3.8, 4) is 5.75 Å². The minimum atomic E-state index is -0.188. The summed E-state index contributed by atoms with van der Waals surface area (Å²) in [5.41, 5.74) is 3.39. The van der Waals surface area contributed by atoms with Gasteiger partial charge in [0.1, 0.15) is 5.75 Å². The molecule has 0 atom stereocenters. The Morgan fingerprint density at radius 1 is 1.15 bits per heavy atom. The van der Waals surface area contributed by atoms with Gasteiger partial charge in [0.15, 0.2) is 0 Å². The fourth-order valence-corrected chi connectivity index (χ4v) is 2.26. The van der Waals surface area contributed by atoms with Crippen LogP contribution in [0.3, 0.4) is 0 Å². The Bertz CT molecular complexity index is 633. The van der Waals surface area contributed by atoms with Crippen LogP contribution in [0.15, 0.2) is 36.4 Å². The molecule has 2 aromatic rings. The highest BCUT2D eigenvalue weighted by Gasteiger charge is 2.11. The van der Waals surface area contributed by atoms with Crippen LogP contribution in [0.2, 0.25) is 5.02 Å². The zero-order valence-electron chi connectivity index (χ0n) is 11.7. The van der Waals surface area contributed by atoms with E-state index in [1.54, 1.807) is 18.2 Å². The summed E-state index contributed by atoms with van der Waals surface area (Å²) >= 11 is 6.03. The number of carbonyl (C=O) groups is 1. The molecule has 1 amide bonds. The smallest absolute Gasteiger partial charge is 0.255 e. The average molecular weight is 290 g/mol. The first-order valence-electron chi connectivity index (χ1n) is 6.24. The van der Waals surface area contributed by atoms with E-state index in [1.165, 1.54) is 7.11 Å². The normalized spacial score (nSPS) is 10.2. The van der Waals surface area contributed by atoms with Gasteiger partial charge in [0, 0.05) is 11.3 Å². The molecule has 0 aromatic heterocycles. The first-order valence-corrected chi connectivity index (χ1v) is 6.62. The van der Waals surface area contributed by atoms with Crippen LogP contribution in [0.4, 0.5) is 5.69 Å². The molecule has 4 heteroatoms. The van der Waals surface area contributed by atoms with Gasteiger partial charge in [-0.05, 0) is 43.2 Å². The standard InChI is InChI=1S/C16H16ClNO2/c1-10-5-4-6-11(2)15(10)18-16(19)12-7-8-14(20-3)13(17)9-12/h4-9H,1-3H3,(H,18,19). The number of aryl methyl sites for hydroxylation is 2. The van der Waals surface area contributed by atoms with Crippen LogP contribution in [0.5, 0.6) is 5.75 Å². The number of carbonyl (C=O) groups excluding carboxylic acids is 1. The topological polar surface area (TPSA) is 38.3 Å². The highest BCUT2D eigenvalue weighted by atomic mass is 35.5. The number of halogens is 1. The Balaban J connectivity index is 2.26. The number of anilines is 1. The fourth-order valence-electron chi connectivity index (χ4n) is 2.00. The summed E-state index contributed by atoms with van der Waals surface area (Å²) in [5.74, 6) is 0.363. The number of amides is 1. The molecule has 0 spiro atoms. The second-order valence-corrected chi connectivity index (χ2v) is 4.98. The van der Waals surface area contributed by atoms with Gasteiger partial charge >= 0.3 is 0 Å². The van der Waals surface area contributed by atoms with Gasteiger partial charge in [-0.1, -0.05) is 29.8 Å². The second-order valence-electron chi connectivity index (χ2n) is 4.57. The highest BCUT2D eigenvalue weighted by molar-refractivity contribution is 6.32. The third kappa shape index (κ3) is 2.94. The van der Waals surface area contributed by atoms with E-state index in [0.717, 1.165) is 16.8 Å². The lowest BCUT2D eigenvalue weighted by Crippen LogP contribution is -2.13. The van der Waals surface area contributed by atoms with Gasteiger partial charge in [-0.2, -0.15) is 0 Å². The van der Waals surface area contributed by atoms with Crippen LogP contribution < -0.4 is 10.1 Å². The maximum Gasteiger partial charge on any atom is 0.255 e. The molecule has 0 aliphatic rings. The van der Waals surface area contributed by atoms with Crippen molar-refractivity contribution < 1.29 is 9.53 Å². The van der Waals surface area contributed by atoms with Crippen molar-refractivity contribution in [2.45, 2.75) is 13.8 Å². The number of hydrogen-bond acceptors (Lipinski definition) is 2. The maximum absolute atomic E-state index is 12.3. The third-order valence-corrected chi connectivity index (χ3v) is 3.43. The summed E-state index contributed by atoms with van der Waals surface area (Å²) in [7, 11) is 1.54. The molecule has 1 N–H and O–H groups in total. The third-order valence-electron chi connectivity index (χ3n) is 3.13. The summed E-state index contributed by atoms with van der Waals surface area (Å²) in [4.78, 5) is 12.3. The predicted octanol–water partition coefficient (Wildman–Crippen LogP) is 4.22. The maximum atomic E-state index is 12.3. The summed E-state index contributed by atoms with van der Waals surface area (Å²) in [5, 5.41) is 3.34. The van der Waals surface area contributed by atoms with Crippen LogP contribution in [-0.2, 0) is 0 Å². The van der Waals surface area contributed by atoms with Gasteiger partial charge < -0.3 is 10.1 Å². The summed E-state index contributed by atoms with van der Waals surface area (Å²) < 4.78 is 5.07.